The molecule has 1 atom stereocenters. The van der Waals surface area contributed by atoms with Crippen molar-refractivity contribution in [3.63, 3.8) is 0 Å². The highest BCUT2D eigenvalue weighted by molar-refractivity contribution is 6.03. The lowest BCUT2D eigenvalue weighted by Crippen LogP contribution is -2.42. The Kier molecular flexibility index (Phi) is 6.44. The molecule has 4 rings (SSSR count). The van der Waals surface area contributed by atoms with Gasteiger partial charge in [0.1, 0.15) is 18.0 Å². The summed E-state index contributed by atoms with van der Waals surface area (Å²) in [7, 11) is 4.95. The molecule has 0 radical (unpaired) electrons. The molecule has 2 aromatic carbocycles. The zero-order chi connectivity index (χ0) is 22.7. The van der Waals surface area contributed by atoms with Gasteiger partial charge in [0.2, 0.25) is 5.91 Å². The van der Waals surface area contributed by atoms with Crippen molar-refractivity contribution in [1.29, 1.82) is 0 Å². The van der Waals surface area contributed by atoms with E-state index in [4.69, 9.17) is 14.6 Å². The first-order chi connectivity index (χ1) is 15.5. The van der Waals surface area contributed by atoms with Crippen LogP contribution >= 0.6 is 0 Å². The van der Waals surface area contributed by atoms with Gasteiger partial charge in [-0.3, -0.25) is 9.59 Å². The number of likely N-dealkylation sites (N-methyl/N-ethyl adjacent to an activating group) is 1. The molecule has 1 fully saturated rings. The summed E-state index contributed by atoms with van der Waals surface area (Å²) in [5.74, 6) is 1.44. The highest BCUT2D eigenvalue weighted by Gasteiger charge is 2.35. The minimum atomic E-state index is -0.238. The molecule has 7 nitrogen and oxygen atoms in total. The zero-order valence-electron chi connectivity index (χ0n) is 18.8. The summed E-state index contributed by atoms with van der Waals surface area (Å²) in [4.78, 5) is 27.3. The number of rotatable bonds is 7. The number of amides is 2. The van der Waals surface area contributed by atoms with Crippen molar-refractivity contribution in [2.45, 2.75) is 31.7 Å². The van der Waals surface area contributed by atoms with Crippen molar-refractivity contribution >= 4 is 17.5 Å². The molecule has 7 heteroatoms. The van der Waals surface area contributed by atoms with Crippen molar-refractivity contribution in [2.24, 2.45) is 11.0 Å². The van der Waals surface area contributed by atoms with Crippen molar-refractivity contribution in [3.05, 3.63) is 59.7 Å². The topological polar surface area (TPSA) is 71.4 Å². The number of hydrazone groups is 1. The first kappa shape index (κ1) is 21.9. The SMILES string of the molecule is COc1ccc(C2=NN(C(=O)CN(C)C(=O)C3CCC3)[C@H](c3ccc(OC)cc3)C2)cc1. The fraction of sp³-hybridized carbons (Fsp3) is 0.400. The summed E-state index contributed by atoms with van der Waals surface area (Å²) < 4.78 is 10.5. The zero-order valence-corrected chi connectivity index (χ0v) is 18.8. The predicted molar refractivity (Wildman–Crippen MR) is 122 cm³/mol. The monoisotopic (exact) mass is 435 g/mol. The van der Waals surface area contributed by atoms with E-state index in [0.717, 1.165) is 47.6 Å². The highest BCUT2D eigenvalue weighted by Crippen LogP contribution is 2.34. The number of carbonyl (C=O) groups excluding carboxylic acids is 2. The average molecular weight is 436 g/mol. The molecule has 1 aliphatic heterocycles. The maximum atomic E-state index is 13.3. The molecule has 32 heavy (non-hydrogen) atoms. The van der Waals surface area contributed by atoms with Crippen molar-refractivity contribution in [1.82, 2.24) is 9.91 Å². The van der Waals surface area contributed by atoms with Crippen LogP contribution in [-0.4, -0.2) is 55.2 Å². The molecule has 168 valence electrons. The number of nitrogens with zero attached hydrogens (tertiary/aromatic N) is 3. The number of ether oxygens (including phenoxy) is 2. The van der Waals surface area contributed by atoms with Gasteiger partial charge >= 0.3 is 0 Å². The molecule has 2 amide bonds. The Balaban J connectivity index is 1.57. The molecule has 2 aromatic rings. The van der Waals surface area contributed by atoms with Crippen LogP contribution in [0.5, 0.6) is 11.5 Å². The predicted octanol–water partition coefficient (Wildman–Crippen LogP) is 3.64. The maximum Gasteiger partial charge on any atom is 0.262 e. The lowest BCUT2D eigenvalue weighted by Gasteiger charge is -2.30. The van der Waals surface area contributed by atoms with Crippen LogP contribution in [0.1, 0.15) is 42.9 Å². The second-order valence-electron chi connectivity index (χ2n) is 8.33. The summed E-state index contributed by atoms with van der Waals surface area (Å²) in [5.41, 5.74) is 2.74. The van der Waals surface area contributed by atoms with Crippen molar-refractivity contribution in [2.75, 3.05) is 27.8 Å². The molecule has 1 saturated carbocycles. The average Bonchev–Trinajstić information content (AvgIpc) is 3.23. The molecule has 0 N–H and O–H groups in total. The summed E-state index contributed by atoms with van der Waals surface area (Å²) in [6, 6.07) is 15.1. The third kappa shape index (κ3) is 4.47. The Labute approximate surface area is 188 Å². The number of hydrogen-bond donors (Lipinski definition) is 0. The molecular formula is C25H29N3O4. The second kappa shape index (κ2) is 9.42. The summed E-state index contributed by atoms with van der Waals surface area (Å²) >= 11 is 0. The summed E-state index contributed by atoms with van der Waals surface area (Å²) in [6.45, 7) is 0.0153. The van der Waals surface area contributed by atoms with Crippen LogP contribution in [0, 0.1) is 5.92 Å². The van der Waals surface area contributed by atoms with Gasteiger partial charge < -0.3 is 14.4 Å². The highest BCUT2D eigenvalue weighted by atomic mass is 16.5. The number of methoxy groups -OCH3 is 2. The Morgan fingerprint density at radius 3 is 2.12 bits per heavy atom. The van der Waals surface area contributed by atoms with Gasteiger partial charge in [0.15, 0.2) is 0 Å². The first-order valence-electron chi connectivity index (χ1n) is 10.9. The van der Waals surface area contributed by atoms with Gasteiger partial charge in [-0.05, 0) is 60.4 Å². The lowest BCUT2D eigenvalue weighted by molar-refractivity contribution is -0.144. The van der Waals surface area contributed by atoms with Crippen LogP contribution in [0.3, 0.4) is 0 Å². The minimum Gasteiger partial charge on any atom is -0.497 e. The van der Waals surface area contributed by atoms with Gasteiger partial charge in [-0.1, -0.05) is 18.6 Å². The second-order valence-corrected chi connectivity index (χ2v) is 8.33. The van der Waals surface area contributed by atoms with Crippen LogP contribution in [0.2, 0.25) is 0 Å². The fourth-order valence-electron chi connectivity index (χ4n) is 4.10. The van der Waals surface area contributed by atoms with Crippen molar-refractivity contribution in [3.8, 4) is 11.5 Å². The third-order valence-electron chi connectivity index (χ3n) is 6.29. The Morgan fingerprint density at radius 1 is 1.00 bits per heavy atom. The summed E-state index contributed by atoms with van der Waals surface area (Å²) in [5, 5.41) is 6.23. The molecule has 0 saturated heterocycles. The van der Waals surface area contributed by atoms with Crippen LogP contribution in [-0.2, 0) is 9.59 Å². The van der Waals surface area contributed by atoms with E-state index in [0.29, 0.717) is 6.42 Å². The van der Waals surface area contributed by atoms with E-state index in [1.165, 1.54) is 9.91 Å². The molecule has 1 heterocycles. The van der Waals surface area contributed by atoms with Crippen LogP contribution < -0.4 is 9.47 Å². The summed E-state index contributed by atoms with van der Waals surface area (Å²) in [6.07, 6.45) is 3.49. The normalized spacial score (nSPS) is 18.0. The molecule has 0 bridgehead atoms. The first-order valence-corrected chi connectivity index (χ1v) is 10.9. The molecule has 1 aliphatic carbocycles. The number of benzene rings is 2. The lowest BCUT2D eigenvalue weighted by atomic mass is 9.84. The Hall–Kier alpha value is -3.35. The van der Waals surface area contributed by atoms with Crippen LogP contribution in [0.4, 0.5) is 0 Å². The Morgan fingerprint density at radius 2 is 1.59 bits per heavy atom. The van der Waals surface area contributed by atoms with Gasteiger partial charge in [0.05, 0.1) is 26.0 Å². The standard InChI is InChI=1S/C25H29N3O4/c1-27(25(30)19-5-4-6-19)16-24(29)28-23(18-9-13-21(32-3)14-10-18)15-22(26-28)17-7-11-20(31-2)12-8-17/h7-14,19,23H,4-6,15-16H2,1-3H3/t23-/m0/s1. The molecule has 2 aliphatic rings. The Bertz CT molecular complexity index is 997. The van der Waals surface area contributed by atoms with Gasteiger partial charge in [0, 0.05) is 19.4 Å². The molecular weight excluding hydrogens is 406 g/mol. The van der Waals surface area contributed by atoms with E-state index in [-0.39, 0.29) is 30.3 Å². The smallest absolute Gasteiger partial charge is 0.262 e. The third-order valence-corrected chi connectivity index (χ3v) is 6.29. The van der Waals surface area contributed by atoms with Gasteiger partial charge in [-0.15, -0.1) is 0 Å². The van der Waals surface area contributed by atoms with Gasteiger partial charge in [-0.25, -0.2) is 5.01 Å². The van der Waals surface area contributed by atoms with E-state index in [1.807, 2.05) is 48.5 Å². The van der Waals surface area contributed by atoms with Gasteiger partial charge in [0.25, 0.3) is 5.91 Å². The number of hydrogen-bond acceptors (Lipinski definition) is 5. The quantitative estimate of drug-likeness (QED) is 0.666. The van der Waals surface area contributed by atoms with Crippen molar-refractivity contribution < 1.29 is 19.1 Å². The van der Waals surface area contributed by atoms with Crippen LogP contribution in [0.15, 0.2) is 53.6 Å². The number of carbonyl (C=O) groups is 2. The van der Waals surface area contributed by atoms with Gasteiger partial charge in [-0.2, -0.15) is 5.10 Å². The minimum absolute atomic E-state index is 0.0153. The van der Waals surface area contributed by atoms with E-state index >= 15 is 0 Å². The largest absolute Gasteiger partial charge is 0.497 e. The fourth-order valence-corrected chi connectivity index (χ4v) is 4.10. The van der Waals surface area contributed by atoms with E-state index in [9.17, 15) is 9.59 Å². The molecule has 0 aromatic heterocycles. The van der Waals surface area contributed by atoms with E-state index in [2.05, 4.69) is 0 Å². The molecule has 0 spiro atoms. The maximum absolute atomic E-state index is 13.3. The van der Waals surface area contributed by atoms with Crippen LogP contribution in [0.25, 0.3) is 0 Å². The van der Waals surface area contributed by atoms with E-state index in [1.54, 1.807) is 21.3 Å². The molecule has 0 unspecified atom stereocenters. The van der Waals surface area contributed by atoms with E-state index < -0.39 is 0 Å².